The number of hydrogen-bond donors (Lipinski definition) is 1. The molecule has 1 aliphatic rings. The molecule has 0 spiro atoms. The highest BCUT2D eigenvalue weighted by Crippen LogP contribution is 2.40. The minimum atomic E-state index is 0.371. The monoisotopic (exact) mass is 283 g/mol. The van der Waals surface area contributed by atoms with E-state index in [0.717, 1.165) is 22.9 Å². The van der Waals surface area contributed by atoms with Crippen LogP contribution in [0.5, 0.6) is 0 Å². The molecule has 21 heavy (non-hydrogen) atoms. The second-order valence-corrected chi connectivity index (χ2v) is 6.72. The molecule has 3 rings (SSSR count). The maximum atomic E-state index is 4.58. The Kier molecular flexibility index (Phi) is 4.20. The maximum Gasteiger partial charge on any atom is 0.0934 e. The molecule has 0 bridgehead atoms. The van der Waals surface area contributed by atoms with E-state index in [1.807, 2.05) is 6.07 Å². The first-order chi connectivity index (χ1) is 10.2. The second kappa shape index (κ2) is 6.10. The molecule has 0 radical (unpaired) electrons. The van der Waals surface area contributed by atoms with Gasteiger partial charge in [0.2, 0.25) is 0 Å². The smallest absolute Gasteiger partial charge is 0.0934 e. The Labute approximate surface area is 127 Å². The van der Waals surface area contributed by atoms with Crippen LogP contribution in [0.4, 0.5) is 0 Å². The SMILES string of the molecule is CNC(c1cccc2nccnc12)C1CC(C)CC(C)C1. The van der Waals surface area contributed by atoms with Crippen molar-refractivity contribution in [3.63, 3.8) is 0 Å². The van der Waals surface area contributed by atoms with Gasteiger partial charge in [0.05, 0.1) is 11.0 Å². The highest BCUT2D eigenvalue weighted by atomic mass is 14.9. The Bertz CT molecular complexity index is 595. The lowest BCUT2D eigenvalue weighted by Gasteiger charge is -2.36. The molecule has 3 atom stereocenters. The Morgan fingerprint density at radius 1 is 1.05 bits per heavy atom. The summed E-state index contributed by atoms with van der Waals surface area (Å²) in [7, 11) is 2.07. The van der Waals surface area contributed by atoms with Crippen LogP contribution in [0.15, 0.2) is 30.6 Å². The van der Waals surface area contributed by atoms with E-state index in [9.17, 15) is 0 Å². The molecule has 3 nitrogen and oxygen atoms in total. The number of fused-ring (bicyclic) bond motifs is 1. The topological polar surface area (TPSA) is 37.8 Å². The highest BCUT2D eigenvalue weighted by molar-refractivity contribution is 5.78. The van der Waals surface area contributed by atoms with Crippen molar-refractivity contribution in [1.29, 1.82) is 0 Å². The predicted octanol–water partition coefficient (Wildman–Crippen LogP) is 3.96. The van der Waals surface area contributed by atoms with Crippen molar-refractivity contribution in [3.05, 3.63) is 36.2 Å². The zero-order chi connectivity index (χ0) is 14.8. The van der Waals surface area contributed by atoms with Gasteiger partial charge in [0.1, 0.15) is 0 Å². The molecule has 0 amide bonds. The molecule has 0 aliphatic heterocycles. The van der Waals surface area contributed by atoms with Crippen LogP contribution in [-0.4, -0.2) is 17.0 Å². The van der Waals surface area contributed by atoms with Crippen molar-refractivity contribution in [2.75, 3.05) is 7.05 Å². The van der Waals surface area contributed by atoms with Crippen LogP contribution in [0.1, 0.15) is 44.7 Å². The first kappa shape index (κ1) is 14.5. The van der Waals surface area contributed by atoms with Gasteiger partial charge in [0, 0.05) is 18.4 Å². The number of hydrogen-bond acceptors (Lipinski definition) is 3. The van der Waals surface area contributed by atoms with Crippen molar-refractivity contribution in [3.8, 4) is 0 Å². The van der Waals surface area contributed by atoms with Crippen molar-refractivity contribution in [1.82, 2.24) is 15.3 Å². The molecule has 0 saturated heterocycles. The third kappa shape index (κ3) is 2.93. The number of aromatic nitrogens is 2. The van der Waals surface area contributed by atoms with Crippen LogP contribution in [-0.2, 0) is 0 Å². The summed E-state index contributed by atoms with van der Waals surface area (Å²) in [5, 5.41) is 3.55. The molecule has 2 aromatic rings. The molecule has 1 N–H and O–H groups in total. The van der Waals surface area contributed by atoms with Gasteiger partial charge in [-0.15, -0.1) is 0 Å². The fourth-order valence-corrected chi connectivity index (χ4v) is 4.19. The van der Waals surface area contributed by atoms with Crippen molar-refractivity contribution in [2.24, 2.45) is 17.8 Å². The summed E-state index contributed by atoms with van der Waals surface area (Å²) in [6.07, 6.45) is 7.52. The number of nitrogens with zero attached hydrogens (tertiary/aromatic N) is 2. The molecule has 112 valence electrons. The quantitative estimate of drug-likeness (QED) is 0.926. The van der Waals surface area contributed by atoms with Crippen molar-refractivity contribution in [2.45, 2.75) is 39.2 Å². The van der Waals surface area contributed by atoms with Gasteiger partial charge in [-0.2, -0.15) is 0 Å². The van der Waals surface area contributed by atoms with Gasteiger partial charge in [0.25, 0.3) is 0 Å². The van der Waals surface area contributed by atoms with Gasteiger partial charge < -0.3 is 5.32 Å². The Balaban J connectivity index is 1.98. The van der Waals surface area contributed by atoms with Crippen LogP contribution < -0.4 is 5.32 Å². The molecule has 1 aromatic heterocycles. The first-order valence-corrected chi connectivity index (χ1v) is 8.06. The van der Waals surface area contributed by atoms with E-state index in [2.05, 4.69) is 48.3 Å². The summed E-state index contributed by atoms with van der Waals surface area (Å²) in [6, 6.07) is 6.73. The number of nitrogens with one attached hydrogen (secondary N) is 1. The summed E-state index contributed by atoms with van der Waals surface area (Å²) >= 11 is 0. The summed E-state index contributed by atoms with van der Waals surface area (Å²) in [6.45, 7) is 4.77. The number of benzene rings is 1. The summed E-state index contributed by atoms with van der Waals surface area (Å²) < 4.78 is 0. The van der Waals surface area contributed by atoms with E-state index in [0.29, 0.717) is 12.0 Å². The van der Waals surface area contributed by atoms with Crippen LogP contribution >= 0.6 is 0 Å². The van der Waals surface area contributed by atoms with Gasteiger partial charge in [0.15, 0.2) is 0 Å². The van der Waals surface area contributed by atoms with E-state index in [4.69, 9.17) is 0 Å². The van der Waals surface area contributed by atoms with Gasteiger partial charge in [-0.25, -0.2) is 0 Å². The van der Waals surface area contributed by atoms with E-state index < -0.39 is 0 Å². The largest absolute Gasteiger partial charge is 0.313 e. The fraction of sp³-hybridized carbons (Fsp3) is 0.556. The second-order valence-electron chi connectivity index (χ2n) is 6.72. The lowest BCUT2D eigenvalue weighted by atomic mass is 9.72. The fourth-order valence-electron chi connectivity index (χ4n) is 4.19. The van der Waals surface area contributed by atoms with Gasteiger partial charge in [-0.3, -0.25) is 9.97 Å². The summed E-state index contributed by atoms with van der Waals surface area (Å²) in [5.74, 6) is 2.31. The van der Waals surface area contributed by atoms with Gasteiger partial charge in [-0.1, -0.05) is 26.0 Å². The Morgan fingerprint density at radius 2 is 1.76 bits per heavy atom. The molecule has 3 heteroatoms. The lowest BCUT2D eigenvalue weighted by molar-refractivity contribution is 0.181. The standard InChI is InChI=1S/C18H25N3/c1-12-9-13(2)11-14(10-12)17(19-3)15-5-4-6-16-18(15)21-8-7-20-16/h4-8,12-14,17,19H,9-11H2,1-3H3. The minimum absolute atomic E-state index is 0.371. The van der Waals surface area contributed by atoms with Crippen LogP contribution in [0.25, 0.3) is 11.0 Å². The number of para-hydroxylation sites is 1. The summed E-state index contributed by atoms with van der Waals surface area (Å²) in [4.78, 5) is 9.02. The van der Waals surface area contributed by atoms with Crippen LogP contribution in [0.2, 0.25) is 0 Å². The van der Waals surface area contributed by atoms with Crippen LogP contribution in [0.3, 0.4) is 0 Å². The number of rotatable bonds is 3. The zero-order valence-corrected chi connectivity index (χ0v) is 13.2. The van der Waals surface area contributed by atoms with E-state index in [-0.39, 0.29) is 0 Å². The van der Waals surface area contributed by atoms with Crippen LogP contribution in [0, 0.1) is 17.8 Å². The molecular weight excluding hydrogens is 258 g/mol. The summed E-state index contributed by atoms with van der Waals surface area (Å²) in [5.41, 5.74) is 3.34. The molecule has 3 unspecified atom stereocenters. The first-order valence-electron chi connectivity index (χ1n) is 8.06. The lowest BCUT2D eigenvalue weighted by Crippen LogP contribution is -2.31. The zero-order valence-electron chi connectivity index (χ0n) is 13.2. The van der Waals surface area contributed by atoms with Gasteiger partial charge >= 0.3 is 0 Å². The van der Waals surface area contributed by atoms with Crippen molar-refractivity contribution < 1.29 is 0 Å². The Hall–Kier alpha value is -1.48. The van der Waals surface area contributed by atoms with E-state index >= 15 is 0 Å². The maximum absolute atomic E-state index is 4.58. The third-order valence-corrected chi connectivity index (χ3v) is 4.86. The molecule has 1 fully saturated rings. The average molecular weight is 283 g/mol. The molecule has 1 aliphatic carbocycles. The molecule has 1 saturated carbocycles. The normalized spacial score (nSPS) is 27.7. The molecule has 1 heterocycles. The average Bonchev–Trinajstić information content (AvgIpc) is 2.47. The van der Waals surface area contributed by atoms with E-state index in [1.165, 1.54) is 24.8 Å². The third-order valence-electron chi connectivity index (χ3n) is 4.86. The van der Waals surface area contributed by atoms with Crippen molar-refractivity contribution >= 4 is 11.0 Å². The highest BCUT2D eigenvalue weighted by Gasteiger charge is 2.31. The van der Waals surface area contributed by atoms with Gasteiger partial charge in [-0.05, 0) is 55.7 Å². The Morgan fingerprint density at radius 3 is 2.48 bits per heavy atom. The predicted molar refractivity (Wildman–Crippen MR) is 87.0 cm³/mol. The van der Waals surface area contributed by atoms with E-state index in [1.54, 1.807) is 12.4 Å². The molecular formula is C18H25N3. The molecule has 1 aromatic carbocycles. The minimum Gasteiger partial charge on any atom is -0.313 e.